The van der Waals surface area contributed by atoms with Crippen LogP contribution in [-0.2, 0) is 0 Å². The predicted octanol–water partition coefficient (Wildman–Crippen LogP) is 2.64. The SMILES string of the molecule is CC1CC[C@@H](c2ccc(F)cc2)N1. The molecule has 1 unspecified atom stereocenters. The van der Waals surface area contributed by atoms with Crippen LogP contribution in [0.3, 0.4) is 0 Å². The summed E-state index contributed by atoms with van der Waals surface area (Å²) >= 11 is 0. The summed E-state index contributed by atoms with van der Waals surface area (Å²) in [4.78, 5) is 0. The van der Waals surface area contributed by atoms with Crippen LogP contribution in [0.5, 0.6) is 0 Å². The first-order valence-electron chi connectivity index (χ1n) is 4.77. The van der Waals surface area contributed by atoms with Crippen LogP contribution >= 0.6 is 0 Å². The summed E-state index contributed by atoms with van der Waals surface area (Å²) in [6.45, 7) is 2.18. The van der Waals surface area contributed by atoms with Gasteiger partial charge in [-0.1, -0.05) is 12.1 Å². The smallest absolute Gasteiger partial charge is 0.123 e. The van der Waals surface area contributed by atoms with E-state index in [0.717, 1.165) is 6.42 Å². The summed E-state index contributed by atoms with van der Waals surface area (Å²) in [7, 11) is 0. The third kappa shape index (κ3) is 1.89. The highest BCUT2D eigenvalue weighted by Crippen LogP contribution is 2.25. The predicted molar refractivity (Wildman–Crippen MR) is 51.0 cm³/mol. The molecule has 0 bridgehead atoms. The minimum atomic E-state index is -0.158. The third-order valence-corrected chi connectivity index (χ3v) is 2.65. The molecule has 0 radical (unpaired) electrons. The Hall–Kier alpha value is -0.890. The zero-order chi connectivity index (χ0) is 9.26. The highest BCUT2D eigenvalue weighted by Gasteiger charge is 2.21. The molecular weight excluding hydrogens is 165 g/mol. The van der Waals surface area contributed by atoms with Crippen molar-refractivity contribution in [2.75, 3.05) is 0 Å². The molecule has 1 fully saturated rings. The molecule has 0 aliphatic carbocycles. The summed E-state index contributed by atoms with van der Waals surface area (Å²) in [6, 6.07) is 7.81. The van der Waals surface area contributed by atoms with Crippen molar-refractivity contribution in [3.05, 3.63) is 35.6 Å². The maximum atomic E-state index is 12.6. The number of nitrogens with one attached hydrogen (secondary N) is 1. The van der Waals surface area contributed by atoms with Gasteiger partial charge in [0, 0.05) is 12.1 Å². The van der Waals surface area contributed by atoms with Gasteiger partial charge in [0.2, 0.25) is 0 Å². The standard InChI is InChI=1S/C11H14FN/c1-8-2-7-11(13-8)9-3-5-10(12)6-4-9/h3-6,8,11,13H,2,7H2,1H3/t8?,11-/m0/s1. The zero-order valence-corrected chi connectivity index (χ0v) is 7.76. The minimum Gasteiger partial charge on any atom is -0.307 e. The van der Waals surface area contributed by atoms with Gasteiger partial charge in [0.05, 0.1) is 0 Å². The van der Waals surface area contributed by atoms with Crippen molar-refractivity contribution in [2.45, 2.75) is 31.8 Å². The second-order valence-corrected chi connectivity index (χ2v) is 3.75. The van der Waals surface area contributed by atoms with Crippen molar-refractivity contribution in [2.24, 2.45) is 0 Å². The molecule has 1 saturated heterocycles. The molecule has 1 aliphatic rings. The third-order valence-electron chi connectivity index (χ3n) is 2.65. The Labute approximate surface area is 78.0 Å². The van der Waals surface area contributed by atoms with Crippen LogP contribution in [0.15, 0.2) is 24.3 Å². The monoisotopic (exact) mass is 179 g/mol. The second kappa shape index (κ2) is 3.46. The molecule has 1 N–H and O–H groups in total. The van der Waals surface area contributed by atoms with Crippen LogP contribution in [0, 0.1) is 5.82 Å². The van der Waals surface area contributed by atoms with Gasteiger partial charge in [0.25, 0.3) is 0 Å². The van der Waals surface area contributed by atoms with Crippen molar-refractivity contribution in [3.63, 3.8) is 0 Å². The second-order valence-electron chi connectivity index (χ2n) is 3.75. The molecule has 0 saturated carbocycles. The number of hydrogen-bond donors (Lipinski definition) is 1. The summed E-state index contributed by atoms with van der Waals surface area (Å²) < 4.78 is 12.6. The first-order valence-corrected chi connectivity index (χ1v) is 4.77. The van der Waals surface area contributed by atoms with Crippen molar-refractivity contribution in [3.8, 4) is 0 Å². The Morgan fingerprint density at radius 1 is 1.23 bits per heavy atom. The fourth-order valence-corrected chi connectivity index (χ4v) is 1.88. The molecule has 0 amide bonds. The number of rotatable bonds is 1. The Morgan fingerprint density at radius 2 is 1.92 bits per heavy atom. The largest absolute Gasteiger partial charge is 0.307 e. The molecule has 2 atom stereocenters. The van der Waals surface area contributed by atoms with Crippen molar-refractivity contribution >= 4 is 0 Å². The number of halogens is 1. The van der Waals surface area contributed by atoms with E-state index in [2.05, 4.69) is 12.2 Å². The van der Waals surface area contributed by atoms with Crippen LogP contribution in [0.1, 0.15) is 31.4 Å². The van der Waals surface area contributed by atoms with E-state index in [9.17, 15) is 4.39 Å². The molecule has 2 heteroatoms. The van der Waals surface area contributed by atoms with E-state index in [-0.39, 0.29) is 5.82 Å². The maximum absolute atomic E-state index is 12.6. The topological polar surface area (TPSA) is 12.0 Å². The van der Waals surface area contributed by atoms with Crippen LogP contribution in [0.4, 0.5) is 4.39 Å². The van der Waals surface area contributed by atoms with E-state index in [4.69, 9.17) is 0 Å². The van der Waals surface area contributed by atoms with Crippen LogP contribution in [-0.4, -0.2) is 6.04 Å². The van der Waals surface area contributed by atoms with Gasteiger partial charge in [-0.15, -0.1) is 0 Å². The number of hydrogen-bond acceptors (Lipinski definition) is 1. The van der Waals surface area contributed by atoms with Gasteiger partial charge in [-0.05, 0) is 37.5 Å². The molecule has 1 nitrogen and oxygen atoms in total. The lowest BCUT2D eigenvalue weighted by Crippen LogP contribution is -2.20. The normalized spacial score (nSPS) is 27.8. The lowest BCUT2D eigenvalue weighted by atomic mass is 10.1. The molecule has 0 aromatic heterocycles. The lowest BCUT2D eigenvalue weighted by molar-refractivity contribution is 0.581. The van der Waals surface area contributed by atoms with Crippen molar-refractivity contribution in [1.82, 2.24) is 5.32 Å². The fourth-order valence-electron chi connectivity index (χ4n) is 1.88. The van der Waals surface area contributed by atoms with E-state index in [0.29, 0.717) is 12.1 Å². The Balaban J connectivity index is 2.13. The van der Waals surface area contributed by atoms with Crippen LogP contribution < -0.4 is 5.32 Å². The lowest BCUT2D eigenvalue weighted by Gasteiger charge is -2.11. The Kier molecular flexibility index (Phi) is 2.32. The molecule has 1 aliphatic heterocycles. The summed E-state index contributed by atoms with van der Waals surface area (Å²) in [5.41, 5.74) is 1.20. The first kappa shape index (κ1) is 8.70. The van der Waals surface area contributed by atoms with Crippen molar-refractivity contribution in [1.29, 1.82) is 0 Å². The molecular formula is C11H14FN. The summed E-state index contributed by atoms with van der Waals surface area (Å²) in [5, 5.41) is 3.47. The Bertz CT molecular complexity index is 281. The first-order chi connectivity index (χ1) is 6.25. The van der Waals surface area contributed by atoms with Gasteiger partial charge in [-0.25, -0.2) is 4.39 Å². The van der Waals surface area contributed by atoms with Gasteiger partial charge in [-0.2, -0.15) is 0 Å². The average molecular weight is 179 g/mol. The average Bonchev–Trinajstić information content (AvgIpc) is 2.53. The Morgan fingerprint density at radius 3 is 2.46 bits per heavy atom. The van der Waals surface area contributed by atoms with Gasteiger partial charge in [0.1, 0.15) is 5.82 Å². The highest BCUT2D eigenvalue weighted by molar-refractivity contribution is 5.20. The molecule has 2 rings (SSSR count). The molecule has 1 aromatic rings. The van der Waals surface area contributed by atoms with Crippen molar-refractivity contribution < 1.29 is 4.39 Å². The zero-order valence-electron chi connectivity index (χ0n) is 7.76. The van der Waals surface area contributed by atoms with E-state index < -0.39 is 0 Å². The minimum absolute atomic E-state index is 0.158. The summed E-state index contributed by atoms with van der Waals surface area (Å²) in [5.74, 6) is -0.158. The molecule has 1 heterocycles. The van der Waals surface area contributed by atoms with E-state index in [1.807, 2.05) is 12.1 Å². The van der Waals surface area contributed by atoms with E-state index in [1.165, 1.54) is 24.1 Å². The maximum Gasteiger partial charge on any atom is 0.123 e. The molecule has 0 spiro atoms. The van der Waals surface area contributed by atoms with E-state index in [1.54, 1.807) is 0 Å². The van der Waals surface area contributed by atoms with Gasteiger partial charge in [-0.3, -0.25) is 0 Å². The number of benzene rings is 1. The highest BCUT2D eigenvalue weighted by atomic mass is 19.1. The molecule has 1 aromatic carbocycles. The fraction of sp³-hybridized carbons (Fsp3) is 0.455. The quantitative estimate of drug-likeness (QED) is 0.698. The van der Waals surface area contributed by atoms with Crippen LogP contribution in [0.2, 0.25) is 0 Å². The summed E-state index contributed by atoms with van der Waals surface area (Å²) in [6.07, 6.45) is 2.37. The van der Waals surface area contributed by atoms with Gasteiger partial charge < -0.3 is 5.32 Å². The molecule has 13 heavy (non-hydrogen) atoms. The van der Waals surface area contributed by atoms with Crippen LogP contribution in [0.25, 0.3) is 0 Å². The van der Waals surface area contributed by atoms with Gasteiger partial charge >= 0.3 is 0 Å². The van der Waals surface area contributed by atoms with E-state index >= 15 is 0 Å². The molecule has 70 valence electrons. The van der Waals surface area contributed by atoms with Gasteiger partial charge in [0.15, 0.2) is 0 Å².